The first-order valence-electron chi connectivity index (χ1n) is 5.98. The van der Waals surface area contributed by atoms with E-state index in [1.807, 2.05) is 6.20 Å². The molecule has 0 N–H and O–H groups in total. The monoisotopic (exact) mass is 462 g/mol. The molecule has 0 saturated heterocycles. The maximum Gasteiger partial charge on any atom is 0.161 e. The minimum absolute atomic E-state index is 0.195. The third-order valence-corrected chi connectivity index (χ3v) is 5.31. The van der Waals surface area contributed by atoms with Crippen molar-refractivity contribution >= 4 is 60.8 Å². The van der Waals surface area contributed by atoms with E-state index in [9.17, 15) is 9.18 Å². The van der Waals surface area contributed by atoms with Crippen molar-refractivity contribution in [1.82, 2.24) is 9.97 Å². The van der Waals surface area contributed by atoms with Crippen LogP contribution in [0.4, 0.5) is 4.39 Å². The Morgan fingerprint density at radius 1 is 1.05 bits per heavy atom. The molecule has 3 nitrogen and oxygen atoms in total. The number of rotatable bonds is 3. The van der Waals surface area contributed by atoms with Crippen LogP contribution in [0.15, 0.2) is 44.5 Å². The Hall–Kier alpha value is -0.960. The van der Waals surface area contributed by atoms with Gasteiger partial charge in [0.05, 0.1) is 4.88 Å². The minimum atomic E-state index is -0.195. The fourth-order valence-electron chi connectivity index (χ4n) is 1.49. The average Bonchev–Trinajstić information content (AvgIpc) is 3.11. The van der Waals surface area contributed by atoms with Gasteiger partial charge < -0.3 is 0 Å². The number of carbonyl (C=O) groups is 1. The number of benzene rings is 1. The number of halogens is 3. The van der Waals surface area contributed by atoms with E-state index in [0.29, 0.717) is 4.88 Å². The van der Waals surface area contributed by atoms with Crippen LogP contribution in [-0.4, -0.2) is 16.3 Å². The molecule has 0 saturated carbocycles. The Balaban J connectivity index is 0.000000188. The number of hydrogen-bond donors (Lipinski definition) is 0. The van der Waals surface area contributed by atoms with Crippen LogP contribution in [-0.2, 0) is 6.42 Å². The lowest BCUT2D eigenvalue weighted by Crippen LogP contribution is -1.84. The molecule has 3 aromatic rings. The van der Waals surface area contributed by atoms with Crippen molar-refractivity contribution in [2.45, 2.75) is 6.42 Å². The fraction of sp³-hybridized carbons (Fsp3) is 0.0714. The summed E-state index contributed by atoms with van der Waals surface area (Å²) in [6, 6.07) is 6.54. The third-order valence-electron chi connectivity index (χ3n) is 2.43. The number of carbonyl (C=O) groups excluding carboxylic acids is 1. The number of aldehydes is 1. The molecule has 22 heavy (non-hydrogen) atoms. The molecule has 2 heterocycles. The summed E-state index contributed by atoms with van der Waals surface area (Å²) in [4.78, 5) is 19.7. The smallest absolute Gasteiger partial charge is 0.161 e. The second-order valence-corrected chi connectivity index (χ2v) is 8.75. The van der Waals surface area contributed by atoms with Crippen LogP contribution in [0.5, 0.6) is 0 Å². The van der Waals surface area contributed by atoms with E-state index in [-0.39, 0.29) is 5.82 Å². The van der Waals surface area contributed by atoms with Gasteiger partial charge in [-0.1, -0.05) is 12.1 Å². The topological polar surface area (TPSA) is 42.9 Å². The minimum Gasteiger partial charge on any atom is -0.297 e. The van der Waals surface area contributed by atoms with Gasteiger partial charge in [-0.2, -0.15) is 0 Å². The van der Waals surface area contributed by atoms with Crippen LogP contribution in [0.2, 0.25) is 0 Å². The number of nitrogens with zero attached hydrogens (tertiary/aromatic N) is 2. The van der Waals surface area contributed by atoms with Crippen LogP contribution in [0.3, 0.4) is 0 Å². The predicted molar refractivity (Wildman–Crippen MR) is 94.2 cm³/mol. The first-order chi connectivity index (χ1) is 10.6. The van der Waals surface area contributed by atoms with Crippen LogP contribution >= 0.6 is 54.5 Å². The number of thiazole rings is 2. The van der Waals surface area contributed by atoms with Crippen molar-refractivity contribution < 1.29 is 9.18 Å². The SMILES string of the molecule is Fc1ccc(Cc2cnc(Br)s2)cc1.O=Cc1cnc(Br)s1. The molecule has 0 spiro atoms. The van der Waals surface area contributed by atoms with Gasteiger partial charge in [0.1, 0.15) is 5.82 Å². The van der Waals surface area contributed by atoms with E-state index in [1.165, 1.54) is 34.5 Å². The van der Waals surface area contributed by atoms with Gasteiger partial charge in [0.15, 0.2) is 14.1 Å². The van der Waals surface area contributed by atoms with Crippen LogP contribution in [0.25, 0.3) is 0 Å². The number of hydrogen-bond acceptors (Lipinski definition) is 5. The van der Waals surface area contributed by atoms with Crippen LogP contribution in [0, 0.1) is 5.82 Å². The Morgan fingerprint density at radius 3 is 2.14 bits per heavy atom. The summed E-state index contributed by atoms with van der Waals surface area (Å²) in [5, 5.41) is 0. The summed E-state index contributed by atoms with van der Waals surface area (Å²) < 4.78 is 14.2. The first kappa shape index (κ1) is 17.4. The molecule has 0 unspecified atom stereocenters. The van der Waals surface area contributed by atoms with Crippen molar-refractivity contribution in [3.05, 3.63) is 65.6 Å². The van der Waals surface area contributed by atoms with Gasteiger partial charge in [0, 0.05) is 23.7 Å². The van der Waals surface area contributed by atoms with Crippen LogP contribution in [0.1, 0.15) is 20.1 Å². The van der Waals surface area contributed by atoms with Gasteiger partial charge in [0.25, 0.3) is 0 Å². The van der Waals surface area contributed by atoms with E-state index >= 15 is 0 Å². The average molecular weight is 464 g/mol. The Kier molecular flexibility index (Phi) is 6.81. The molecule has 0 bridgehead atoms. The van der Waals surface area contributed by atoms with Gasteiger partial charge in [-0.25, -0.2) is 14.4 Å². The van der Waals surface area contributed by atoms with E-state index in [0.717, 1.165) is 26.1 Å². The summed E-state index contributed by atoms with van der Waals surface area (Å²) in [7, 11) is 0. The molecule has 3 rings (SSSR count). The fourth-order valence-corrected chi connectivity index (χ4v) is 4.00. The molecule has 114 valence electrons. The Morgan fingerprint density at radius 2 is 1.68 bits per heavy atom. The maximum atomic E-state index is 12.6. The molecular formula is C14H9Br2FN2OS2. The summed E-state index contributed by atoms with van der Waals surface area (Å²) in [5.41, 5.74) is 1.10. The molecule has 2 aromatic heterocycles. The highest BCUT2D eigenvalue weighted by atomic mass is 79.9. The summed E-state index contributed by atoms with van der Waals surface area (Å²) in [6.07, 6.45) is 4.95. The Labute approximate surface area is 151 Å². The number of aromatic nitrogens is 2. The Bertz CT molecular complexity index is 743. The molecule has 0 atom stereocenters. The molecule has 0 radical (unpaired) electrons. The zero-order valence-electron chi connectivity index (χ0n) is 11.0. The zero-order chi connectivity index (χ0) is 15.9. The van der Waals surface area contributed by atoms with E-state index < -0.39 is 0 Å². The van der Waals surface area contributed by atoms with Crippen molar-refractivity contribution in [3.63, 3.8) is 0 Å². The quantitative estimate of drug-likeness (QED) is 0.491. The van der Waals surface area contributed by atoms with Gasteiger partial charge in [-0.05, 0) is 49.6 Å². The molecular weight excluding hydrogens is 455 g/mol. The second kappa shape index (κ2) is 8.61. The summed E-state index contributed by atoms with van der Waals surface area (Å²) in [6.45, 7) is 0. The van der Waals surface area contributed by atoms with Gasteiger partial charge in [-0.15, -0.1) is 22.7 Å². The highest BCUT2D eigenvalue weighted by Crippen LogP contribution is 2.21. The lowest BCUT2D eigenvalue weighted by Gasteiger charge is -1.96. The van der Waals surface area contributed by atoms with Crippen LogP contribution < -0.4 is 0 Å². The molecule has 0 aliphatic carbocycles. The lowest BCUT2D eigenvalue weighted by molar-refractivity contribution is 0.112. The van der Waals surface area contributed by atoms with Crippen molar-refractivity contribution in [2.75, 3.05) is 0 Å². The molecule has 0 aliphatic rings. The predicted octanol–water partition coefficient (Wildman–Crippen LogP) is 5.35. The zero-order valence-corrected chi connectivity index (χ0v) is 15.8. The van der Waals surface area contributed by atoms with Crippen molar-refractivity contribution in [1.29, 1.82) is 0 Å². The molecule has 0 aliphatic heterocycles. The summed E-state index contributed by atoms with van der Waals surface area (Å²) in [5.74, 6) is -0.195. The maximum absolute atomic E-state index is 12.6. The van der Waals surface area contributed by atoms with E-state index in [1.54, 1.807) is 23.5 Å². The lowest BCUT2D eigenvalue weighted by atomic mass is 10.1. The largest absolute Gasteiger partial charge is 0.297 e. The van der Waals surface area contributed by atoms with Gasteiger partial charge in [-0.3, -0.25) is 4.79 Å². The standard InChI is InChI=1S/C10H7BrFNS.C4H2BrNOS/c11-10-13-6-9(14-10)5-7-1-3-8(12)4-2-7;5-4-6-1-3(2-7)8-4/h1-4,6H,5H2;1-2H. The molecule has 0 amide bonds. The van der Waals surface area contributed by atoms with Gasteiger partial charge >= 0.3 is 0 Å². The normalized spacial score (nSPS) is 9.95. The highest BCUT2D eigenvalue weighted by molar-refractivity contribution is 9.11. The molecule has 8 heteroatoms. The van der Waals surface area contributed by atoms with E-state index in [2.05, 4.69) is 41.8 Å². The highest BCUT2D eigenvalue weighted by Gasteiger charge is 2.00. The third kappa shape index (κ3) is 5.68. The summed E-state index contributed by atoms with van der Waals surface area (Å²) >= 11 is 9.35. The first-order valence-corrected chi connectivity index (χ1v) is 9.20. The molecule has 1 aromatic carbocycles. The van der Waals surface area contributed by atoms with Crippen molar-refractivity contribution in [3.8, 4) is 0 Å². The van der Waals surface area contributed by atoms with Crippen molar-refractivity contribution in [2.24, 2.45) is 0 Å². The molecule has 0 fully saturated rings. The van der Waals surface area contributed by atoms with E-state index in [4.69, 9.17) is 0 Å². The van der Waals surface area contributed by atoms with Gasteiger partial charge in [0.2, 0.25) is 0 Å². The second-order valence-electron chi connectivity index (χ2n) is 4.02.